The average molecular weight is 315 g/mol. The number of benzene rings is 1. The van der Waals surface area contributed by atoms with E-state index in [-0.39, 0.29) is 6.61 Å². The second-order valence-electron chi connectivity index (χ2n) is 3.32. The standard InChI is InChI=1S/C12H9BrClNO2/c13-8-1-2-11(14)12(5-8)17-10-3-4-15-9(6-10)7-16/h1-6,16H,7H2. The minimum atomic E-state index is -0.122. The zero-order chi connectivity index (χ0) is 12.3. The molecular weight excluding hydrogens is 305 g/mol. The average Bonchev–Trinajstić information content (AvgIpc) is 2.34. The molecule has 1 N–H and O–H groups in total. The first-order valence-corrected chi connectivity index (χ1v) is 6.05. The van der Waals surface area contributed by atoms with Crippen LogP contribution in [0.25, 0.3) is 0 Å². The van der Waals surface area contributed by atoms with Gasteiger partial charge in [-0.1, -0.05) is 27.5 Å². The number of aliphatic hydroxyl groups is 1. The van der Waals surface area contributed by atoms with Crippen LogP contribution >= 0.6 is 27.5 Å². The van der Waals surface area contributed by atoms with Gasteiger partial charge in [-0.05, 0) is 24.3 Å². The Kier molecular flexibility index (Phi) is 3.99. The van der Waals surface area contributed by atoms with E-state index in [0.29, 0.717) is 22.2 Å². The van der Waals surface area contributed by atoms with E-state index in [0.717, 1.165) is 4.47 Å². The Balaban J connectivity index is 2.27. The highest BCUT2D eigenvalue weighted by Gasteiger charge is 2.04. The number of rotatable bonds is 3. The van der Waals surface area contributed by atoms with Crippen molar-refractivity contribution < 1.29 is 9.84 Å². The lowest BCUT2D eigenvalue weighted by molar-refractivity contribution is 0.276. The molecule has 0 aliphatic rings. The Labute approximate surface area is 112 Å². The summed E-state index contributed by atoms with van der Waals surface area (Å²) in [5.41, 5.74) is 0.550. The first-order chi connectivity index (χ1) is 8.19. The maximum absolute atomic E-state index is 8.98. The minimum absolute atomic E-state index is 0.122. The Morgan fingerprint density at radius 2 is 2.12 bits per heavy atom. The van der Waals surface area contributed by atoms with Crippen LogP contribution in [-0.4, -0.2) is 10.1 Å². The molecule has 0 saturated carbocycles. The fraction of sp³-hybridized carbons (Fsp3) is 0.0833. The van der Waals surface area contributed by atoms with Crippen molar-refractivity contribution in [3.63, 3.8) is 0 Å². The van der Waals surface area contributed by atoms with Crippen molar-refractivity contribution in [3.05, 3.63) is 51.7 Å². The molecule has 0 unspecified atom stereocenters. The number of pyridine rings is 1. The van der Waals surface area contributed by atoms with Gasteiger partial charge < -0.3 is 9.84 Å². The van der Waals surface area contributed by atoms with E-state index in [1.54, 1.807) is 30.5 Å². The summed E-state index contributed by atoms with van der Waals surface area (Å²) in [5, 5.41) is 9.50. The van der Waals surface area contributed by atoms with Crippen molar-refractivity contribution in [2.75, 3.05) is 0 Å². The normalized spacial score (nSPS) is 10.3. The second kappa shape index (κ2) is 5.49. The smallest absolute Gasteiger partial charge is 0.147 e. The van der Waals surface area contributed by atoms with Crippen molar-refractivity contribution in [1.29, 1.82) is 0 Å². The molecular formula is C12H9BrClNO2. The molecule has 0 spiro atoms. The van der Waals surface area contributed by atoms with E-state index in [1.165, 1.54) is 0 Å². The molecule has 1 aromatic carbocycles. The highest BCUT2D eigenvalue weighted by Crippen LogP contribution is 2.31. The van der Waals surface area contributed by atoms with Gasteiger partial charge >= 0.3 is 0 Å². The number of hydrogen-bond donors (Lipinski definition) is 1. The van der Waals surface area contributed by atoms with Crippen LogP contribution in [0.3, 0.4) is 0 Å². The fourth-order valence-electron chi connectivity index (χ4n) is 1.29. The molecule has 0 atom stereocenters. The van der Waals surface area contributed by atoms with Crippen LogP contribution in [-0.2, 0) is 6.61 Å². The van der Waals surface area contributed by atoms with Gasteiger partial charge in [0.15, 0.2) is 0 Å². The van der Waals surface area contributed by atoms with Crippen LogP contribution in [0.15, 0.2) is 41.0 Å². The molecule has 1 aromatic heterocycles. The number of nitrogens with zero attached hydrogens (tertiary/aromatic N) is 1. The van der Waals surface area contributed by atoms with Gasteiger partial charge in [-0.2, -0.15) is 0 Å². The molecule has 5 heteroatoms. The van der Waals surface area contributed by atoms with Gasteiger partial charge in [0, 0.05) is 16.7 Å². The van der Waals surface area contributed by atoms with Crippen LogP contribution in [0.4, 0.5) is 0 Å². The van der Waals surface area contributed by atoms with Crippen molar-refractivity contribution in [2.24, 2.45) is 0 Å². The van der Waals surface area contributed by atoms with Crippen molar-refractivity contribution >= 4 is 27.5 Å². The van der Waals surface area contributed by atoms with Crippen LogP contribution in [0.5, 0.6) is 11.5 Å². The fourth-order valence-corrected chi connectivity index (χ4v) is 1.78. The molecule has 0 bridgehead atoms. The molecule has 17 heavy (non-hydrogen) atoms. The van der Waals surface area contributed by atoms with Gasteiger partial charge in [-0.3, -0.25) is 4.98 Å². The summed E-state index contributed by atoms with van der Waals surface area (Å²) in [6.07, 6.45) is 1.58. The zero-order valence-corrected chi connectivity index (χ0v) is 11.1. The minimum Gasteiger partial charge on any atom is -0.456 e. The van der Waals surface area contributed by atoms with E-state index < -0.39 is 0 Å². The van der Waals surface area contributed by atoms with E-state index in [9.17, 15) is 0 Å². The molecule has 0 aliphatic heterocycles. The summed E-state index contributed by atoms with van der Waals surface area (Å²) in [7, 11) is 0. The second-order valence-corrected chi connectivity index (χ2v) is 4.64. The number of hydrogen-bond acceptors (Lipinski definition) is 3. The first-order valence-electron chi connectivity index (χ1n) is 4.88. The molecule has 88 valence electrons. The number of aromatic nitrogens is 1. The zero-order valence-electron chi connectivity index (χ0n) is 8.73. The quantitative estimate of drug-likeness (QED) is 0.937. The topological polar surface area (TPSA) is 42.4 Å². The van der Waals surface area contributed by atoms with Crippen molar-refractivity contribution in [1.82, 2.24) is 4.98 Å². The summed E-state index contributed by atoms with van der Waals surface area (Å²) in [5.74, 6) is 1.14. The van der Waals surface area contributed by atoms with Gasteiger partial charge in [0.1, 0.15) is 11.5 Å². The van der Waals surface area contributed by atoms with Gasteiger partial charge in [0.25, 0.3) is 0 Å². The SMILES string of the molecule is OCc1cc(Oc2cc(Br)ccc2Cl)ccn1. The van der Waals surface area contributed by atoms with Crippen molar-refractivity contribution in [3.8, 4) is 11.5 Å². The van der Waals surface area contributed by atoms with Gasteiger partial charge in [-0.25, -0.2) is 0 Å². The highest BCUT2D eigenvalue weighted by atomic mass is 79.9. The molecule has 0 aliphatic carbocycles. The van der Waals surface area contributed by atoms with Gasteiger partial charge in [-0.15, -0.1) is 0 Å². The Hall–Kier alpha value is -1.10. The van der Waals surface area contributed by atoms with Crippen LogP contribution in [0.2, 0.25) is 5.02 Å². The third-order valence-electron chi connectivity index (χ3n) is 2.07. The Bertz CT molecular complexity index is 534. The lowest BCUT2D eigenvalue weighted by atomic mass is 10.3. The van der Waals surface area contributed by atoms with E-state index >= 15 is 0 Å². The number of halogens is 2. The number of aliphatic hydroxyl groups excluding tert-OH is 1. The summed E-state index contributed by atoms with van der Waals surface area (Å²) in [6, 6.07) is 8.73. The summed E-state index contributed by atoms with van der Waals surface area (Å²) in [4.78, 5) is 3.97. The Morgan fingerprint density at radius 1 is 1.29 bits per heavy atom. The summed E-state index contributed by atoms with van der Waals surface area (Å²) in [6.45, 7) is -0.122. The van der Waals surface area contributed by atoms with E-state index in [1.807, 2.05) is 6.07 Å². The molecule has 2 aromatic rings. The Morgan fingerprint density at radius 3 is 2.88 bits per heavy atom. The summed E-state index contributed by atoms with van der Waals surface area (Å²) >= 11 is 9.36. The van der Waals surface area contributed by atoms with Crippen LogP contribution in [0.1, 0.15) is 5.69 Å². The van der Waals surface area contributed by atoms with Crippen LogP contribution in [0, 0.1) is 0 Å². The van der Waals surface area contributed by atoms with Gasteiger partial charge in [0.05, 0.1) is 17.3 Å². The molecule has 2 rings (SSSR count). The third-order valence-corrected chi connectivity index (χ3v) is 2.88. The van der Waals surface area contributed by atoms with E-state index in [4.69, 9.17) is 21.4 Å². The van der Waals surface area contributed by atoms with Gasteiger partial charge in [0.2, 0.25) is 0 Å². The third kappa shape index (κ3) is 3.19. The molecule has 1 heterocycles. The lowest BCUT2D eigenvalue weighted by Crippen LogP contribution is -1.91. The maximum Gasteiger partial charge on any atom is 0.147 e. The largest absolute Gasteiger partial charge is 0.456 e. The van der Waals surface area contributed by atoms with Crippen molar-refractivity contribution in [2.45, 2.75) is 6.61 Å². The molecule has 0 saturated heterocycles. The lowest BCUT2D eigenvalue weighted by Gasteiger charge is -2.08. The first kappa shape index (κ1) is 12.4. The predicted molar refractivity (Wildman–Crippen MR) is 69.4 cm³/mol. The number of ether oxygens (including phenoxy) is 1. The molecule has 3 nitrogen and oxygen atoms in total. The molecule has 0 fully saturated rings. The van der Waals surface area contributed by atoms with Crippen LogP contribution < -0.4 is 4.74 Å². The molecule has 0 amide bonds. The van der Waals surface area contributed by atoms with E-state index in [2.05, 4.69) is 20.9 Å². The predicted octanol–water partition coefficient (Wildman–Crippen LogP) is 3.78. The summed E-state index contributed by atoms with van der Waals surface area (Å²) < 4.78 is 6.50. The monoisotopic (exact) mass is 313 g/mol. The maximum atomic E-state index is 8.98. The molecule has 0 radical (unpaired) electrons. The highest BCUT2D eigenvalue weighted by molar-refractivity contribution is 9.10.